The summed E-state index contributed by atoms with van der Waals surface area (Å²) in [5, 5.41) is 23.5. The molecule has 0 aliphatic rings. The monoisotopic (exact) mass is 350 g/mol. The molecule has 0 heterocycles. The first-order chi connectivity index (χ1) is 7.85. The maximum Gasteiger partial charge on any atom is 0.270 e. The summed E-state index contributed by atoms with van der Waals surface area (Å²) in [6.07, 6.45) is 0.642. The van der Waals surface area contributed by atoms with Crippen LogP contribution in [0.1, 0.15) is 20.3 Å². The molecule has 94 valence electrons. The number of hydrogen-bond acceptors (Lipinski definition) is 4. The lowest BCUT2D eigenvalue weighted by Crippen LogP contribution is -2.32. The van der Waals surface area contributed by atoms with Crippen LogP contribution in [0.15, 0.2) is 18.2 Å². The quantitative estimate of drug-likeness (QED) is 0.487. The lowest BCUT2D eigenvalue weighted by atomic mass is 10.0. The molecule has 2 N–H and O–H groups in total. The van der Waals surface area contributed by atoms with E-state index in [0.29, 0.717) is 13.0 Å². The molecule has 1 unspecified atom stereocenters. The molecule has 0 bridgehead atoms. The minimum Gasteiger partial charge on any atom is -0.388 e. The van der Waals surface area contributed by atoms with Gasteiger partial charge in [0.25, 0.3) is 5.69 Å². The first-order valence-electron chi connectivity index (χ1n) is 5.26. The van der Waals surface area contributed by atoms with Gasteiger partial charge < -0.3 is 10.4 Å². The number of rotatable bonds is 5. The predicted molar refractivity (Wildman–Crippen MR) is 75.2 cm³/mol. The molecule has 0 aromatic heterocycles. The van der Waals surface area contributed by atoms with Crippen molar-refractivity contribution in [3.8, 4) is 0 Å². The number of hydrogen-bond donors (Lipinski definition) is 2. The summed E-state index contributed by atoms with van der Waals surface area (Å²) in [5.74, 6) is 0. The van der Waals surface area contributed by atoms with Gasteiger partial charge in [-0.1, -0.05) is 6.92 Å². The minimum atomic E-state index is -0.773. The van der Waals surface area contributed by atoms with Crippen molar-refractivity contribution >= 4 is 34.0 Å². The van der Waals surface area contributed by atoms with E-state index in [1.165, 1.54) is 12.1 Å². The van der Waals surface area contributed by atoms with Crippen LogP contribution < -0.4 is 5.32 Å². The van der Waals surface area contributed by atoms with Crippen LogP contribution in [-0.4, -0.2) is 22.2 Å². The van der Waals surface area contributed by atoms with Gasteiger partial charge in [-0.25, -0.2) is 0 Å². The van der Waals surface area contributed by atoms with Gasteiger partial charge in [-0.2, -0.15) is 0 Å². The number of halogens is 1. The van der Waals surface area contributed by atoms with Gasteiger partial charge >= 0.3 is 0 Å². The summed E-state index contributed by atoms with van der Waals surface area (Å²) in [6, 6.07) is 4.61. The average molecular weight is 350 g/mol. The van der Waals surface area contributed by atoms with Gasteiger partial charge in [-0.15, -0.1) is 0 Å². The van der Waals surface area contributed by atoms with Crippen LogP contribution in [0.25, 0.3) is 0 Å². The SMILES string of the molecule is CCC(C)(O)CNc1ccc([N+](=O)[O-])cc1I. The summed E-state index contributed by atoms with van der Waals surface area (Å²) in [4.78, 5) is 10.1. The maximum atomic E-state index is 10.6. The number of nitrogens with one attached hydrogen (secondary N) is 1. The lowest BCUT2D eigenvalue weighted by molar-refractivity contribution is -0.384. The van der Waals surface area contributed by atoms with Crippen molar-refractivity contribution in [2.24, 2.45) is 0 Å². The van der Waals surface area contributed by atoms with Crippen molar-refractivity contribution in [1.82, 2.24) is 0 Å². The van der Waals surface area contributed by atoms with Crippen molar-refractivity contribution in [2.75, 3.05) is 11.9 Å². The number of nitrogens with zero attached hydrogens (tertiary/aromatic N) is 1. The molecule has 1 aromatic rings. The summed E-state index contributed by atoms with van der Waals surface area (Å²) in [5.41, 5.74) is 0.0947. The van der Waals surface area contributed by atoms with Crippen LogP contribution in [0.4, 0.5) is 11.4 Å². The highest BCUT2D eigenvalue weighted by Gasteiger charge is 2.17. The van der Waals surface area contributed by atoms with E-state index in [2.05, 4.69) is 5.32 Å². The molecule has 0 aliphatic heterocycles. The number of non-ortho nitro benzene ring substituents is 1. The smallest absolute Gasteiger partial charge is 0.270 e. The number of nitro groups is 1. The lowest BCUT2D eigenvalue weighted by Gasteiger charge is -2.22. The van der Waals surface area contributed by atoms with Gasteiger partial charge in [0.1, 0.15) is 0 Å². The Labute approximate surface area is 114 Å². The average Bonchev–Trinajstić information content (AvgIpc) is 2.27. The second-order valence-corrected chi connectivity index (χ2v) is 5.29. The fraction of sp³-hybridized carbons (Fsp3) is 0.455. The zero-order chi connectivity index (χ0) is 13.1. The van der Waals surface area contributed by atoms with Crippen molar-refractivity contribution in [3.05, 3.63) is 31.9 Å². The van der Waals surface area contributed by atoms with Crippen molar-refractivity contribution in [2.45, 2.75) is 25.9 Å². The van der Waals surface area contributed by atoms with E-state index in [1.54, 1.807) is 13.0 Å². The van der Waals surface area contributed by atoms with E-state index in [4.69, 9.17) is 0 Å². The van der Waals surface area contributed by atoms with Crippen LogP contribution in [0, 0.1) is 13.7 Å². The van der Waals surface area contributed by atoms with Gasteiger partial charge in [0, 0.05) is 27.9 Å². The fourth-order valence-electron chi connectivity index (χ4n) is 1.17. The molecular formula is C11H15IN2O3. The molecule has 0 saturated carbocycles. The molecule has 17 heavy (non-hydrogen) atoms. The second kappa shape index (κ2) is 5.63. The topological polar surface area (TPSA) is 75.4 Å². The summed E-state index contributed by atoms with van der Waals surface area (Å²) >= 11 is 2.03. The zero-order valence-electron chi connectivity index (χ0n) is 9.74. The Bertz CT molecular complexity index is 421. The third-order valence-corrected chi connectivity index (χ3v) is 3.48. The molecule has 0 fully saturated rings. The fourth-order valence-corrected chi connectivity index (χ4v) is 1.86. The van der Waals surface area contributed by atoms with Crippen LogP contribution in [0.5, 0.6) is 0 Å². The van der Waals surface area contributed by atoms with Gasteiger partial charge in [0.05, 0.1) is 10.5 Å². The molecule has 0 amide bonds. The van der Waals surface area contributed by atoms with Crippen LogP contribution >= 0.6 is 22.6 Å². The molecule has 0 spiro atoms. The van der Waals surface area contributed by atoms with E-state index in [-0.39, 0.29) is 5.69 Å². The zero-order valence-corrected chi connectivity index (χ0v) is 11.9. The van der Waals surface area contributed by atoms with Gasteiger partial charge in [-0.3, -0.25) is 10.1 Å². The Hall–Kier alpha value is -0.890. The maximum absolute atomic E-state index is 10.6. The predicted octanol–water partition coefficient (Wildman–Crippen LogP) is 2.77. The van der Waals surface area contributed by atoms with Gasteiger partial charge in [-0.05, 0) is 42.0 Å². The Morgan fingerprint density at radius 2 is 2.24 bits per heavy atom. The largest absolute Gasteiger partial charge is 0.388 e. The first-order valence-corrected chi connectivity index (χ1v) is 6.34. The first kappa shape index (κ1) is 14.2. The number of benzene rings is 1. The minimum absolute atomic E-state index is 0.0715. The Morgan fingerprint density at radius 1 is 1.59 bits per heavy atom. The number of nitro benzene ring substituents is 1. The molecule has 1 rings (SSSR count). The molecular weight excluding hydrogens is 335 g/mol. The number of aliphatic hydroxyl groups is 1. The summed E-state index contributed by atoms with van der Waals surface area (Å²) in [6.45, 7) is 4.07. The molecule has 0 radical (unpaired) electrons. The van der Waals surface area contributed by atoms with Crippen molar-refractivity contribution in [3.63, 3.8) is 0 Å². The molecule has 0 saturated heterocycles. The van der Waals surface area contributed by atoms with Crippen LogP contribution in [0.3, 0.4) is 0 Å². The summed E-state index contributed by atoms with van der Waals surface area (Å²) in [7, 11) is 0. The normalized spacial score (nSPS) is 14.1. The molecule has 6 heteroatoms. The molecule has 0 aliphatic carbocycles. The van der Waals surface area contributed by atoms with E-state index in [9.17, 15) is 15.2 Å². The highest BCUT2D eigenvalue weighted by molar-refractivity contribution is 14.1. The standard InChI is InChI=1S/C11H15IN2O3/c1-3-11(2,15)7-13-10-5-4-8(14(16)17)6-9(10)12/h4-6,13,15H,3,7H2,1-2H3. The van der Waals surface area contributed by atoms with Crippen molar-refractivity contribution < 1.29 is 10.0 Å². The molecule has 5 nitrogen and oxygen atoms in total. The van der Waals surface area contributed by atoms with E-state index >= 15 is 0 Å². The van der Waals surface area contributed by atoms with E-state index in [1.807, 2.05) is 29.5 Å². The van der Waals surface area contributed by atoms with Crippen molar-refractivity contribution in [1.29, 1.82) is 0 Å². The third-order valence-electron chi connectivity index (χ3n) is 2.58. The van der Waals surface area contributed by atoms with Crippen LogP contribution in [-0.2, 0) is 0 Å². The highest BCUT2D eigenvalue weighted by Crippen LogP contribution is 2.24. The Morgan fingerprint density at radius 3 is 2.71 bits per heavy atom. The molecule has 1 atom stereocenters. The number of anilines is 1. The van der Waals surface area contributed by atoms with Gasteiger partial charge in [0.2, 0.25) is 0 Å². The molecule has 1 aromatic carbocycles. The highest BCUT2D eigenvalue weighted by atomic mass is 127. The second-order valence-electron chi connectivity index (χ2n) is 4.13. The Balaban J connectivity index is 2.77. The van der Waals surface area contributed by atoms with Crippen LogP contribution in [0.2, 0.25) is 0 Å². The summed E-state index contributed by atoms with van der Waals surface area (Å²) < 4.78 is 0.767. The van der Waals surface area contributed by atoms with E-state index in [0.717, 1.165) is 9.26 Å². The van der Waals surface area contributed by atoms with Gasteiger partial charge in [0.15, 0.2) is 0 Å². The van der Waals surface area contributed by atoms with E-state index < -0.39 is 10.5 Å². The Kier molecular flexibility index (Phi) is 4.70. The third kappa shape index (κ3) is 4.12.